The van der Waals surface area contributed by atoms with Crippen molar-refractivity contribution in [2.45, 2.75) is 12.5 Å². The number of guanidine groups is 1. The molecule has 1 aliphatic rings. The van der Waals surface area contributed by atoms with Crippen molar-refractivity contribution in [2.24, 2.45) is 4.99 Å². The van der Waals surface area contributed by atoms with Crippen LogP contribution in [0.25, 0.3) is 0 Å². The first-order valence-corrected chi connectivity index (χ1v) is 7.75. The third-order valence-corrected chi connectivity index (χ3v) is 3.86. The molecule has 116 valence electrons. The van der Waals surface area contributed by atoms with Crippen LogP contribution in [0.5, 0.6) is 0 Å². The number of hydrogen-bond acceptors (Lipinski definition) is 4. The molecule has 3 rings (SSSR count). The van der Waals surface area contributed by atoms with Gasteiger partial charge in [-0.1, -0.05) is 28.1 Å². The summed E-state index contributed by atoms with van der Waals surface area (Å²) in [5, 5.41) is 5.18. The molecular weight excluding hydrogens is 360 g/mol. The van der Waals surface area contributed by atoms with Gasteiger partial charge in [0.15, 0.2) is 0 Å². The molecule has 2 amide bonds. The second kappa shape index (κ2) is 6.70. The maximum atomic E-state index is 12.1. The van der Waals surface area contributed by atoms with Crippen LogP contribution in [0, 0.1) is 0 Å². The van der Waals surface area contributed by atoms with Crippen molar-refractivity contribution in [3.63, 3.8) is 0 Å². The van der Waals surface area contributed by atoms with E-state index in [1.54, 1.807) is 18.3 Å². The zero-order valence-electron chi connectivity index (χ0n) is 12.0. The Hall–Kier alpha value is -2.54. The molecule has 0 saturated carbocycles. The Morgan fingerprint density at radius 3 is 2.74 bits per heavy atom. The Labute approximate surface area is 141 Å². The molecule has 7 heteroatoms. The summed E-state index contributed by atoms with van der Waals surface area (Å²) in [6.07, 6.45) is 3.28. The van der Waals surface area contributed by atoms with Gasteiger partial charge in [0.2, 0.25) is 11.9 Å². The van der Waals surface area contributed by atoms with Crippen LogP contribution in [0.1, 0.15) is 28.4 Å². The summed E-state index contributed by atoms with van der Waals surface area (Å²) in [5.41, 5.74) is 1.31. The number of hydrogen-bond donors (Lipinski definition) is 2. The molecule has 0 spiro atoms. The molecule has 1 atom stereocenters. The van der Waals surface area contributed by atoms with Gasteiger partial charge < -0.3 is 0 Å². The number of rotatable bonds is 2. The SMILES string of the molecule is O=C1CC(c2ccc(Br)cc2)N=C(NC(=O)c2cccnc2)N1. The van der Waals surface area contributed by atoms with E-state index in [0.29, 0.717) is 5.56 Å². The van der Waals surface area contributed by atoms with Crippen LogP contribution in [-0.2, 0) is 4.79 Å². The average molecular weight is 373 g/mol. The van der Waals surface area contributed by atoms with Crippen molar-refractivity contribution in [3.8, 4) is 0 Å². The number of pyridine rings is 1. The fraction of sp³-hybridized carbons (Fsp3) is 0.125. The average Bonchev–Trinajstić information content (AvgIpc) is 2.56. The summed E-state index contributed by atoms with van der Waals surface area (Å²) >= 11 is 3.37. The van der Waals surface area contributed by atoms with Gasteiger partial charge in [-0.3, -0.25) is 25.2 Å². The first-order valence-electron chi connectivity index (χ1n) is 6.96. The molecule has 1 aromatic carbocycles. The van der Waals surface area contributed by atoms with Gasteiger partial charge in [0.1, 0.15) is 0 Å². The Morgan fingerprint density at radius 2 is 2.04 bits per heavy atom. The molecule has 1 unspecified atom stereocenters. The Morgan fingerprint density at radius 1 is 1.26 bits per heavy atom. The van der Waals surface area contributed by atoms with Crippen LogP contribution in [-0.4, -0.2) is 22.8 Å². The standard InChI is InChI=1S/C16H13BrN4O2/c17-12-5-3-10(4-6-12)13-8-14(22)20-16(19-13)21-15(23)11-2-1-7-18-9-11/h1-7,9,13H,8H2,(H2,19,20,21,22,23). The molecule has 23 heavy (non-hydrogen) atoms. The second-order valence-corrected chi connectivity index (χ2v) is 5.91. The fourth-order valence-electron chi connectivity index (χ4n) is 2.21. The Bertz CT molecular complexity index is 759. The molecule has 1 aliphatic heterocycles. The molecule has 0 aliphatic carbocycles. The third kappa shape index (κ3) is 3.81. The molecule has 0 fully saturated rings. The number of halogens is 1. The number of carbonyl (C=O) groups excluding carboxylic acids is 2. The van der Waals surface area contributed by atoms with E-state index in [2.05, 4.69) is 36.5 Å². The van der Waals surface area contributed by atoms with Crippen molar-refractivity contribution < 1.29 is 9.59 Å². The third-order valence-electron chi connectivity index (χ3n) is 3.33. The molecule has 6 nitrogen and oxygen atoms in total. The summed E-state index contributed by atoms with van der Waals surface area (Å²) in [7, 11) is 0. The van der Waals surface area contributed by atoms with Gasteiger partial charge in [0.25, 0.3) is 5.91 Å². The highest BCUT2D eigenvalue weighted by molar-refractivity contribution is 9.10. The predicted molar refractivity (Wildman–Crippen MR) is 88.8 cm³/mol. The van der Waals surface area contributed by atoms with Gasteiger partial charge >= 0.3 is 0 Å². The number of nitrogens with one attached hydrogen (secondary N) is 2. The van der Waals surface area contributed by atoms with Crippen LogP contribution in [0.4, 0.5) is 0 Å². The summed E-state index contributed by atoms with van der Waals surface area (Å²) in [5.74, 6) is -0.397. The highest BCUT2D eigenvalue weighted by atomic mass is 79.9. The molecule has 0 radical (unpaired) electrons. The minimum absolute atomic E-state index is 0.156. The number of benzene rings is 1. The van der Waals surface area contributed by atoms with E-state index in [1.807, 2.05) is 24.3 Å². The van der Waals surface area contributed by atoms with E-state index in [0.717, 1.165) is 10.0 Å². The lowest BCUT2D eigenvalue weighted by atomic mass is 10.0. The monoisotopic (exact) mass is 372 g/mol. The van der Waals surface area contributed by atoms with Crippen molar-refractivity contribution in [2.75, 3.05) is 0 Å². The summed E-state index contributed by atoms with van der Waals surface area (Å²) in [6.45, 7) is 0. The topological polar surface area (TPSA) is 83.5 Å². The maximum Gasteiger partial charge on any atom is 0.259 e. The van der Waals surface area contributed by atoms with E-state index < -0.39 is 0 Å². The van der Waals surface area contributed by atoms with E-state index in [-0.39, 0.29) is 30.2 Å². The van der Waals surface area contributed by atoms with Crippen molar-refractivity contribution >= 4 is 33.7 Å². The van der Waals surface area contributed by atoms with Crippen LogP contribution in [0.15, 0.2) is 58.3 Å². The van der Waals surface area contributed by atoms with Gasteiger partial charge in [-0.05, 0) is 29.8 Å². The van der Waals surface area contributed by atoms with Crippen molar-refractivity contribution in [1.29, 1.82) is 0 Å². The summed E-state index contributed by atoms with van der Waals surface area (Å²) < 4.78 is 0.954. The molecule has 2 heterocycles. The lowest BCUT2D eigenvalue weighted by Gasteiger charge is -2.21. The zero-order chi connectivity index (χ0) is 16.2. The minimum atomic E-state index is -0.367. The van der Waals surface area contributed by atoms with Gasteiger partial charge in [-0.2, -0.15) is 0 Å². The van der Waals surface area contributed by atoms with Gasteiger partial charge in [0, 0.05) is 16.9 Å². The highest BCUT2D eigenvalue weighted by Crippen LogP contribution is 2.24. The van der Waals surface area contributed by atoms with Gasteiger partial charge in [-0.25, -0.2) is 4.99 Å². The van der Waals surface area contributed by atoms with Crippen molar-refractivity contribution in [3.05, 3.63) is 64.4 Å². The quantitative estimate of drug-likeness (QED) is 0.847. The van der Waals surface area contributed by atoms with E-state index in [4.69, 9.17) is 0 Å². The van der Waals surface area contributed by atoms with Gasteiger partial charge in [-0.15, -0.1) is 0 Å². The zero-order valence-corrected chi connectivity index (χ0v) is 13.6. The number of aliphatic imine (C=N–C) groups is 1. The summed E-state index contributed by atoms with van der Waals surface area (Å²) in [4.78, 5) is 32.3. The lowest BCUT2D eigenvalue weighted by molar-refractivity contribution is -0.120. The van der Waals surface area contributed by atoms with Crippen molar-refractivity contribution in [1.82, 2.24) is 15.6 Å². The number of aromatic nitrogens is 1. The molecule has 0 bridgehead atoms. The van der Waals surface area contributed by atoms with E-state index >= 15 is 0 Å². The van der Waals surface area contributed by atoms with Crippen LogP contribution in [0.2, 0.25) is 0 Å². The minimum Gasteiger partial charge on any atom is -0.296 e. The first kappa shape index (κ1) is 15.4. The second-order valence-electron chi connectivity index (χ2n) is 4.99. The number of carbonyl (C=O) groups is 2. The predicted octanol–water partition coefficient (Wildman–Crippen LogP) is 2.19. The normalized spacial score (nSPS) is 17.2. The van der Waals surface area contributed by atoms with Crippen LogP contribution in [0.3, 0.4) is 0 Å². The van der Waals surface area contributed by atoms with Gasteiger partial charge in [0.05, 0.1) is 18.0 Å². The Balaban J connectivity index is 1.79. The van der Waals surface area contributed by atoms with Crippen LogP contribution < -0.4 is 10.6 Å². The smallest absolute Gasteiger partial charge is 0.259 e. The molecule has 1 aromatic heterocycles. The van der Waals surface area contributed by atoms with Crippen LogP contribution >= 0.6 is 15.9 Å². The largest absolute Gasteiger partial charge is 0.296 e. The Kier molecular flexibility index (Phi) is 4.47. The first-order chi connectivity index (χ1) is 11.1. The number of amides is 2. The van der Waals surface area contributed by atoms with E-state index in [9.17, 15) is 9.59 Å². The lowest BCUT2D eigenvalue weighted by Crippen LogP contribution is -2.47. The molecule has 2 aromatic rings. The molecular formula is C16H13BrN4O2. The number of nitrogens with zero attached hydrogens (tertiary/aromatic N) is 2. The maximum absolute atomic E-state index is 12.1. The molecule has 0 saturated heterocycles. The molecule has 2 N–H and O–H groups in total. The van der Waals surface area contributed by atoms with E-state index in [1.165, 1.54) is 6.20 Å². The summed E-state index contributed by atoms with van der Waals surface area (Å²) in [6, 6.07) is 10.6. The highest BCUT2D eigenvalue weighted by Gasteiger charge is 2.23. The fourth-order valence-corrected chi connectivity index (χ4v) is 2.47.